The van der Waals surface area contributed by atoms with Crippen molar-refractivity contribution in [2.45, 2.75) is 39.2 Å². The van der Waals surface area contributed by atoms with Gasteiger partial charge in [-0.3, -0.25) is 0 Å². The Hall–Kier alpha value is -1.06. The van der Waals surface area contributed by atoms with Crippen LogP contribution in [0.1, 0.15) is 32.3 Å². The zero-order valence-corrected chi connectivity index (χ0v) is 13.8. The van der Waals surface area contributed by atoms with E-state index in [9.17, 15) is 0 Å². The number of rotatable bonds is 7. The first-order chi connectivity index (χ1) is 10.2. The van der Waals surface area contributed by atoms with Crippen LogP contribution in [0.4, 0.5) is 0 Å². The molecule has 0 spiro atoms. The van der Waals surface area contributed by atoms with Gasteiger partial charge in [-0.15, -0.1) is 0 Å². The number of nitrogens with zero attached hydrogens (tertiary/aromatic N) is 1. The quantitative estimate of drug-likeness (QED) is 0.835. The minimum Gasteiger partial charge on any atom is -0.496 e. The largest absolute Gasteiger partial charge is 0.496 e. The zero-order chi connectivity index (χ0) is 15.1. The Morgan fingerprint density at radius 1 is 1.29 bits per heavy atom. The first kappa shape index (κ1) is 16.3. The van der Waals surface area contributed by atoms with Gasteiger partial charge in [-0.25, -0.2) is 0 Å². The zero-order valence-electron chi connectivity index (χ0n) is 13.8. The highest BCUT2D eigenvalue weighted by Crippen LogP contribution is 2.22. The van der Waals surface area contributed by atoms with Gasteiger partial charge in [-0.2, -0.15) is 0 Å². The van der Waals surface area contributed by atoms with Crippen molar-refractivity contribution in [3.05, 3.63) is 29.8 Å². The SMILES string of the molecule is CCN(CC1CCNCC1)C(C)Cc1ccccc1OC. The number of methoxy groups -OCH3 is 1. The molecular formula is C18H30N2O. The van der Waals surface area contributed by atoms with E-state index in [1.807, 2.05) is 6.07 Å². The summed E-state index contributed by atoms with van der Waals surface area (Å²) >= 11 is 0. The summed E-state index contributed by atoms with van der Waals surface area (Å²) in [6.45, 7) is 9.35. The van der Waals surface area contributed by atoms with Crippen molar-refractivity contribution in [3.63, 3.8) is 0 Å². The van der Waals surface area contributed by atoms with Crippen LogP contribution in [0, 0.1) is 5.92 Å². The Kier molecular flexibility index (Phi) is 6.52. The van der Waals surface area contributed by atoms with E-state index < -0.39 is 0 Å². The summed E-state index contributed by atoms with van der Waals surface area (Å²) in [4.78, 5) is 2.63. The summed E-state index contributed by atoms with van der Waals surface area (Å²) in [5.74, 6) is 1.87. The average Bonchev–Trinajstić information content (AvgIpc) is 2.54. The van der Waals surface area contributed by atoms with E-state index in [0.717, 1.165) is 24.6 Å². The molecule has 2 rings (SSSR count). The minimum atomic E-state index is 0.557. The second kappa shape index (κ2) is 8.40. The molecule has 0 aromatic heterocycles. The number of piperidine rings is 1. The second-order valence-corrected chi connectivity index (χ2v) is 6.15. The van der Waals surface area contributed by atoms with E-state index in [1.165, 1.54) is 38.0 Å². The Balaban J connectivity index is 1.94. The van der Waals surface area contributed by atoms with Gasteiger partial charge in [-0.1, -0.05) is 25.1 Å². The number of benzene rings is 1. The van der Waals surface area contributed by atoms with Crippen molar-refractivity contribution < 1.29 is 4.74 Å². The average molecular weight is 290 g/mol. The summed E-state index contributed by atoms with van der Waals surface area (Å²) in [5.41, 5.74) is 1.32. The fourth-order valence-corrected chi connectivity index (χ4v) is 3.34. The van der Waals surface area contributed by atoms with E-state index in [-0.39, 0.29) is 0 Å². The van der Waals surface area contributed by atoms with E-state index in [2.05, 4.69) is 42.3 Å². The third kappa shape index (κ3) is 4.72. The molecule has 0 saturated carbocycles. The lowest BCUT2D eigenvalue weighted by Crippen LogP contribution is -2.41. The summed E-state index contributed by atoms with van der Waals surface area (Å²) in [7, 11) is 1.76. The molecule has 1 aromatic carbocycles. The summed E-state index contributed by atoms with van der Waals surface area (Å²) in [6.07, 6.45) is 3.69. The van der Waals surface area contributed by atoms with Crippen molar-refractivity contribution >= 4 is 0 Å². The maximum absolute atomic E-state index is 5.48. The maximum Gasteiger partial charge on any atom is 0.122 e. The monoisotopic (exact) mass is 290 g/mol. The molecule has 1 atom stereocenters. The lowest BCUT2D eigenvalue weighted by atomic mass is 9.96. The Morgan fingerprint density at radius 3 is 2.67 bits per heavy atom. The lowest BCUT2D eigenvalue weighted by molar-refractivity contribution is 0.166. The molecule has 0 aliphatic carbocycles. The van der Waals surface area contributed by atoms with Gasteiger partial charge in [0.25, 0.3) is 0 Å². The van der Waals surface area contributed by atoms with Crippen LogP contribution in [0.25, 0.3) is 0 Å². The van der Waals surface area contributed by atoms with Gasteiger partial charge < -0.3 is 15.0 Å². The van der Waals surface area contributed by atoms with Crippen LogP contribution >= 0.6 is 0 Å². The molecule has 1 heterocycles. The van der Waals surface area contributed by atoms with E-state index in [4.69, 9.17) is 4.74 Å². The van der Waals surface area contributed by atoms with Gasteiger partial charge in [0, 0.05) is 12.6 Å². The number of hydrogen-bond donors (Lipinski definition) is 1. The smallest absolute Gasteiger partial charge is 0.122 e. The van der Waals surface area contributed by atoms with Gasteiger partial charge in [0.15, 0.2) is 0 Å². The summed E-state index contributed by atoms with van der Waals surface area (Å²) in [5, 5.41) is 3.46. The van der Waals surface area contributed by atoms with Crippen LogP contribution in [-0.2, 0) is 6.42 Å². The normalized spacial score (nSPS) is 17.9. The number of hydrogen-bond acceptors (Lipinski definition) is 3. The standard InChI is InChI=1S/C18H30N2O/c1-4-20(14-16-9-11-19-12-10-16)15(2)13-17-7-5-6-8-18(17)21-3/h5-8,15-16,19H,4,9-14H2,1-3H3. The molecule has 1 N–H and O–H groups in total. The van der Waals surface area contributed by atoms with Crippen molar-refractivity contribution in [1.29, 1.82) is 0 Å². The van der Waals surface area contributed by atoms with E-state index in [0.29, 0.717) is 6.04 Å². The molecule has 21 heavy (non-hydrogen) atoms. The van der Waals surface area contributed by atoms with Crippen LogP contribution in [0.5, 0.6) is 5.75 Å². The molecule has 1 unspecified atom stereocenters. The number of nitrogens with one attached hydrogen (secondary N) is 1. The van der Waals surface area contributed by atoms with Gasteiger partial charge >= 0.3 is 0 Å². The van der Waals surface area contributed by atoms with Gasteiger partial charge in [0.1, 0.15) is 5.75 Å². The molecular weight excluding hydrogens is 260 g/mol. The predicted octanol–water partition coefficient (Wildman–Crippen LogP) is 2.95. The Morgan fingerprint density at radius 2 is 2.00 bits per heavy atom. The van der Waals surface area contributed by atoms with Gasteiger partial charge in [0.2, 0.25) is 0 Å². The fourth-order valence-electron chi connectivity index (χ4n) is 3.34. The maximum atomic E-state index is 5.48. The lowest BCUT2D eigenvalue weighted by Gasteiger charge is -2.33. The Bertz CT molecular complexity index is 415. The molecule has 118 valence electrons. The number of ether oxygens (including phenoxy) is 1. The molecule has 0 radical (unpaired) electrons. The van der Waals surface area contributed by atoms with E-state index >= 15 is 0 Å². The highest BCUT2D eigenvalue weighted by molar-refractivity contribution is 5.33. The third-order valence-corrected chi connectivity index (χ3v) is 4.69. The molecule has 0 amide bonds. The molecule has 3 nitrogen and oxygen atoms in total. The van der Waals surface area contributed by atoms with Crippen molar-refractivity contribution in [2.75, 3.05) is 33.3 Å². The molecule has 1 saturated heterocycles. The third-order valence-electron chi connectivity index (χ3n) is 4.69. The van der Waals surface area contributed by atoms with Crippen LogP contribution in [0.2, 0.25) is 0 Å². The molecule has 1 aliphatic heterocycles. The van der Waals surface area contributed by atoms with E-state index in [1.54, 1.807) is 7.11 Å². The van der Waals surface area contributed by atoms with Crippen LogP contribution < -0.4 is 10.1 Å². The fraction of sp³-hybridized carbons (Fsp3) is 0.667. The van der Waals surface area contributed by atoms with Crippen molar-refractivity contribution in [2.24, 2.45) is 5.92 Å². The molecule has 1 aromatic rings. The molecule has 3 heteroatoms. The molecule has 1 fully saturated rings. The number of para-hydroxylation sites is 1. The first-order valence-corrected chi connectivity index (χ1v) is 8.31. The van der Waals surface area contributed by atoms with Crippen LogP contribution in [0.15, 0.2) is 24.3 Å². The molecule has 1 aliphatic rings. The van der Waals surface area contributed by atoms with Crippen LogP contribution in [0.3, 0.4) is 0 Å². The highest BCUT2D eigenvalue weighted by Gasteiger charge is 2.20. The topological polar surface area (TPSA) is 24.5 Å². The minimum absolute atomic E-state index is 0.557. The van der Waals surface area contributed by atoms with Gasteiger partial charge in [-0.05, 0) is 63.4 Å². The van der Waals surface area contributed by atoms with Crippen molar-refractivity contribution in [1.82, 2.24) is 10.2 Å². The van der Waals surface area contributed by atoms with Crippen molar-refractivity contribution in [3.8, 4) is 5.75 Å². The number of likely N-dealkylation sites (N-methyl/N-ethyl adjacent to an activating group) is 1. The predicted molar refractivity (Wildman–Crippen MR) is 89.0 cm³/mol. The molecule has 0 bridgehead atoms. The first-order valence-electron chi connectivity index (χ1n) is 8.31. The van der Waals surface area contributed by atoms with Crippen LogP contribution in [-0.4, -0.2) is 44.2 Å². The highest BCUT2D eigenvalue weighted by atomic mass is 16.5. The van der Waals surface area contributed by atoms with Gasteiger partial charge in [0.05, 0.1) is 7.11 Å². The summed E-state index contributed by atoms with van der Waals surface area (Å²) < 4.78 is 5.48. The summed E-state index contributed by atoms with van der Waals surface area (Å²) in [6, 6.07) is 8.95. The second-order valence-electron chi connectivity index (χ2n) is 6.15. The Labute approximate surface area is 129 Å².